The van der Waals surface area contributed by atoms with Crippen molar-refractivity contribution in [2.75, 3.05) is 26.6 Å². The molecule has 0 saturated carbocycles. The van der Waals surface area contributed by atoms with E-state index in [1.807, 2.05) is 0 Å². The summed E-state index contributed by atoms with van der Waals surface area (Å²) in [6.07, 6.45) is -7.31. The third kappa shape index (κ3) is 6.59. The predicted molar refractivity (Wildman–Crippen MR) is 126 cm³/mol. The molecule has 0 radical (unpaired) electrons. The maximum atomic E-state index is 14.7. The molecular weight excluding hydrogens is 578 g/mol. The van der Waals surface area contributed by atoms with E-state index in [0.29, 0.717) is 6.07 Å². The van der Waals surface area contributed by atoms with Gasteiger partial charge in [0.25, 0.3) is 12.3 Å². The summed E-state index contributed by atoms with van der Waals surface area (Å²) in [4.78, 5) is 28.9. The molecule has 0 aliphatic rings. The fourth-order valence-corrected chi connectivity index (χ4v) is 3.63. The number of benzene rings is 2. The van der Waals surface area contributed by atoms with Gasteiger partial charge in [-0.15, -0.1) is 13.2 Å². The first-order valence-corrected chi connectivity index (χ1v) is 11.0. The predicted octanol–water partition coefficient (Wildman–Crippen LogP) is 6.56. The third-order valence-corrected chi connectivity index (χ3v) is 5.28. The molecule has 1 amide bonds. The Morgan fingerprint density at radius 2 is 1.62 bits per heavy atom. The number of aromatic nitrogens is 1. The average Bonchev–Trinajstić information content (AvgIpc) is 2.88. The SMILES string of the molecule is COC(=O)c1cc(NC(=O)c2c(Oc3ccc(OC(F)(F)F)c(F)c3OC)cc(Cl)c(C(F)F)c2OC)ccn1. The van der Waals surface area contributed by atoms with Crippen LogP contribution in [0, 0.1) is 5.82 Å². The van der Waals surface area contributed by atoms with Crippen LogP contribution >= 0.6 is 11.6 Å². The molecule has 2 aromatic carbocycles. The first-order valence-electron chi connectivity index (χ1n) is 10.7. The lowest BCUT2D eigenvalue weighted by Gasteiger charge is -2.20. The van der Waals surface area contributed by atoms with Gasteiger partial charge in [0.15, 0.2) is 11.5 Å². The van der Waals surface area contributed by atoms with Gasteiger partial charge in [-0.05, 0) is 24.3 Å². The number of methoxy groups -OCH3 is 3. The molecule has 0 saturated heterocycles. The second kappa shape index (κ2) is 12.2. The van der Waals surface area contributed by atoms with Crippen molar-refractivity contribution in [2.24, 2.45) is 0 Å². The number of ether oxygens (including phenoxy) is 5. The minimum atomic E-state index is -5.23. The maximum Gasteiger partial charge on any atom is 0.573 e. The minimum absolute atomic E-state index is 0.0285. The zero-order valence-electron chi connectivity index (χ0n) is 20.5. The quantitative estimate of drug-likeness (QED) is 0.219. The molecule has 0 atom stereocenters. The van der Waals surface area contributed by atoms with E-state index in [4.69, 9.17) is 25.8 Å². The van der Waals surface area contributed by atoms with E-state index in [0.717, 1.165) is 45.7 Å². The summed E-state index contributed by atoms with van der Waals surface area (Å²) in [5, 5.41) is 1.74. The monoisotopic (exact) mass is 594 g/mol. The highest BCUT2D eigenvalue weighted by Gasteiger charge is 2.34. The van der Waals surface area contributed by atoms with Crippen LogP contribution in [0.2, 0.25) is 5.02 Å². The molecule has 0 unspecified atom stereocenters. The zero-order valence-corrected chi connectivity index (χ0v) is 21.2. The van der Waals surface area contributed by atoms with Crippen LogP contribution in [0.1, 0.15) is 32.8 Å². The fraction of sp³-hybridized carbons (Fsp3) is 0.208. The van der Waals surface area contributed by atoms with Crippen molar-refractivity contribution in [3.8, 4) is 28.7 Å². The first-order chi connectivity index (χ1) is 18.8. The molecule has 0 bridgehead atoms. The normalized spacial score (nSPS) is 11.2. The van der Waals surface area contributed by atoms with Crippen LogP contribution in [-0.2, 0) is 4.74 Å². The Morgan fingerprint density at radius 3 is 2.20 bits per heavy atom. The summed E-state index contributed by atoms with van der Waals surface area (Å²) in [6, 6.07) is 4.57. The zero-order chi connectivity index (χ0) is 29.8. The van der Waals surface area contributed by atoms with Crippen LogP contribution in [-0.4, -0.2) is 44.6 Å². The van der Waals surface area contributed by atoms with Gasteiger partial charge in [-0.1, -0.05) is 11.6 Å². The Bertz CT molecular complexity index is 1440. The van der Waals surface area contributed by atoms with Gasteiger partial charge in [0, 0.05) is 18.0 Å². The Hall–Kier alpha value is -4.40. The number of carbonyl (C=O) groups excluding carboxylic acids is 2. The van der Waals surface area contributed by atoms with Crippen molar-refractivity contribution in [1.29, 1.82) is 0 Å². The number of nitrogens with zero attached hydrogens (tertiary/aromatic N) is 1. The van der Waals surface area contributed by atoms with Crippen LogP contribution in [0.15, 0.2) is 36.5 Å². The Kier molecular flexibility index (Phi) is 9.19. The number of pyridine rings is 1. The van der Waals surface area contributed by atoms with Crippen molar-refractivity contribution in [3.63, 3.8) is 0 Å². The van der Waals surface area contributed by atoms with E-state index in [-0.39, 0.29) is 11.4 Å². The van der Waals surface area contributed by atoms with Crippen molar-refractivity contribution < 1.29 is 59.6 Å². The molecule has 1 aromatic heterocycles. The molecule has 1 heterocycles. The van der Waals surface area contributed by atoms with Gasteiger partial charge in [0.05, 0.1) is 31.9 Å². The summed E-state index contributed by atoms with van der Waals surface area (Å²) in [6.45, 7) is 0. The average molecular weight is 595 g/mol. The van der Waals surface area contributed by atoms with Gasteiger partial charge in [0.1, 0.15) is 22.8 Å². The standard InChI is InChI=1S/C24H17ClF6N2O7/c1-36-19-14(5-4-13(18(19)26)40-24(29,30)31)39-15-9-11(25)16(21(27)28)20(37-2)17(15)22(34)33-10-6-7-32-12(8-10)23(35)38-3/h4-9,21H,1-3H3,(H,32,33,34). The summed E-state index contributed by atoms with van der Waals surface area (Å²) in [7, 11) is 2.97. The summed E-state index contributed by atoms with van der Waals surface area (Å²) >= 11 is 6.00. The summed E-state index contributed by atoms with van der Waals surface area (Å²) in [5.74, 6) is -7.58. The molecule has 40 heavy (non-hydrogen) atoms. The van der Waals surface area contributed by atoms with E-state index < -0.39 is 75.4 Å². The van der Waals surface area contributed by atoms with E-state index in [9.17, 15) is 35.9 Å². The lowest BCUT2D eigenvalue weighted by molar-refractivity contribution is -0.275. The Balaban J connectivity index is 2.14. The maximum absolute atomic E-state index is 14.7. The van der Waals surface area contributed by atoms with Gasteiger partial charge in [-0.25, -0.2) is 18.6 Å². The van der Waals surface area contributed by atoms with E-state index in [1.54, 1.807) is 0 Å². The van der Waals surface area contributed by atoms with Gasteiger partial charge in [-0.2, -0.15) is 4.39 Å². The number of carbonyl (C=O) groups is 2. The molecule has 0 aliphatic carbocycles. The first kappa shape index (κ1) is 30.1. The van der Waals surface area contributed by atoms with Crippen LogP contribution < -0.4 is 24.3 Å². The highest BCUT2D eigenvalue weighted by molar-refractivity contribution is 6.32. The number of hydrogen-bond donors (Lipinski definition) is 1. The number of anilines is 1. The number of nitrogens with one attached hydrogen (secondary N) is 1. The number of esters is 1. The largest absolute Gasteiger partial charge is 0.573 e. The second-order valence-electron chi connectivity index (χ2n) is 7.41. The second-order valence-corrected chi connectivity index (χ2v) is 7.82. The van der Waals surface area contributed by atoms with Crippen molar-refractivity contribution in [2.45, 2.75) is 12.8 Å². The minimum Gasteiger partial charge on any atom is -0.495 e. The van der Waals surface area contributed by atoms with Gasteiger partial charge < -0.3 is 29.0 Å². The fourth-order valence-electron chi connectivity index (χ4n) is 3.36. The molecule has 3 rings (SSSR count). The molecular formula is C24H17ClF6N2O7. The van der Waals surface area contributed by atoms with E-state index >= 15 is 0 Å². The number of halogens is 7. The van der Waals surface area contributed by atoms with Crippen LogP contribution in [0.3, 0.4) is 0 Å². The van der Waals surface area contributed by atoms with Crippen molar-refractivity contribution in [3.05, 3.63) is 64.2 Å². The molecule has 214 valence electrons. The molecule has 0 spiro atoms. The van der Waals surface area contributed by atoms with Gasteiger partial charge in [-0.3, -0.25) is 4.79 Å². The molecule has 9 nitrogen and oxygen atoms in total. The Morgan fingerprint density at radius 1 is 0.975 bits per heavy atom. The van der Waals surface area contributed by atoms with Crippen LogP contribution in [0.5, 0.6) is 28.7 Å². The molecule has 0 fully saturated rings. The van der Waals surface area contributed by atoms with Gasteiger partial charge >= 0.3 is 12.3 Å². The van der Waals surface area contributed by atoms with Crippen LogP contribution in [0.25, 0.3) is 0 Å². The van der Waals surface area contributed by atoms with Gasteiger partial charge in [0.2, 0.25) is 11.6 Å². The van der Waals surface area contributed by atoms with E-state index in [1.165, 1.54) is 6.07 Å². The highest BCUT2D eigenvalue weighted by atomic mass is 35.5. The van der Waals surface area contributed by atoms with Crippen LogP contribution in [0.4, 0.5) is 32.0 Å². The lowest BCUT2D eigenvalue weighted by Crippen LogP contribution is -2.18. The number of alkyl halides is 5. The van der Waals surface area contributed by atoms with E-state index in [2.05, 4.69) is 19.8 Å². The molecule has 0 aliphatic heterocycles. The lowest BCUT2D eigenvalue weighted by atomic mass is 10.1. The smallest absolute Gasteiger partial charge is 0.495 e. The topological polar surface area (TPSA) is 105 Å². The highest BCUT2D eigenvalue weighted by Crippen LogP contribution is 2.46. The number of amides is 1. The third-order valence-electron chi connectivity index (χ3n) is 4.97. The number of rotatable bonds is 9. The summed E-state index contributed by atoms with van der Waals surface area (Å²) in [5.41, 5.74) is -1.79. The molecule has 1 N–H and O–H groups in total. The molecule has 3 aromatic rings. The van der Waals surface area contributed by atoms with Crippen molar-refractivity contribution >= 4 is 29.2 Å². The summed E-state index contributed by atoms with van der Waals surface area (Å²) < 4.78 is 104. The number of hydrogen-bond acceptors (Lipinski definition) is 8. The Labute approximate surface area is 226 Å². The van der Waals surface area contributed by atoms with Crippen molar-refractivity contribution in [1.82, 2.24) is 4.98 Å². The molecule has 16 heteroatoms.